The largest absolute Gasteiger partial charge is 0.507 e. The van der Waals surface area contributed by atoms with Crippen molar-refractivity contribution in [3.8, 4) is 28.4 Å². The summed E-state index contributed by atoms with van der Waals surface area (Å²) >= 11 is 12.6. The van der Waals surface area contributed by atoms with E-state index in [-0.39, 0.29) is 27.5 Å². The molecule has 0 radical (unpaired) electrons. The smallest absolute Gasteiger partial charge is 0.224 e. The molecule has 0 aliphatic carbocycles. The van der Waals surface area contributed by atoms with Gasteiger partial charge in [-0.25, -0.2) is 4.85 Å². The lowest BCUT2D eigenvalue weighted by Crippen LogP contribution is -2.09. The van der Waals surface area contributed by atoms with Gasteiger partial charge in [-0.3, -0.25) is 4.79 Å². The van der Waals surface area contributed by atoms with Gasteiger partial charge in [0.15, 0.2) is 11.4 Å². The van der Waals surface area contributed by atoms with Crippen LogP contribution in [0.4, 0.5) is 11.4 Å². The molecule has 0 aromatic heterocycles. The van der Waals surface area contributed by atoms with E-state index < -0.39 is 0 Å². The minimum Gasteiger partial charge on any atom is -0.507 e. The Morgan fingerprint density at radius 1 is 1.14 bits per heavy atom. The first-order valence-electron chi connectivity index (χ1n) is 8.69. The Kier molecular flexibility index (Phi) is 6.28. The molecule has 7 heteroatoms. The number of benzene rings is 3. The highest BCUT2D eigenvalue weighted by molar-refractivity contribution is 6.37. The highest BCUT2D eigenvalue weighted by Crippen LogP contribution is 2.41. The van der Waals surface area contributed by atoms with E-state index in [2.05, 4.69) is 10.2 Å². The maximum atomic E-state index is 11.6. The number of halogens is 2. The zero-order chi connectivity index (χ0) is 21.0. The van der Waals surface area contributed by atoms with Crippen molar-refractivity contribution in [1.82, 2.24) is 0 Å². The van der Waals surface area contributed by atoms with Crippen molar-refractivity contribution < 1.29 is 14.6 Å². The molecule has 0 aliphatic rings. The molecule has 0 aliphatic heterocycles. The molecule has 146 valence electrons. The summed E-state index contributed by atoms with van der Waals surface area (Å²) in [5.41, 5.74) is 2.12. The number of ether oxygens (including phenoxy) is 1. The second kappa shape index (κ2) is 8.87. The summed E-state index contributed by atoms with van der Waals surface area (Å²) in [5, 5.41) is 13.4. The van der Waals surface area contributed by atoms with Crippen LogP contribution in [-0.2, 0) is 4.79 Å². The summed E-state index contributed by atoms with van der Waals surface area (Å²) in [6.45, 7) is 8.89. The number of hydrogen-bond donors (Lipinski definition) is 2. The van der Waals surface area contributed by atoms with Gasteiger partial charge in [0.05, 0.1) is 16.6 Å². The Balaban J connectivity index is 1.93. The molecule has 0 heterocycles. The van der Waals surface area contributed by atoms with Gasteiger partial charge in [-0.15, -0.1) is 0 Å². The van der Waals surface area contributed by atoms with Gasteiger partial charge in [0.2, 0.25) is 5.91 Å². The van der Waals surface area contributed by atoms with Crippen LogP contribution < -0.4 is 10.1 Å². The third-order valence-corrected chi connectivity index (χ3v) is 4.64. The Bertz CT molecular complexity index is 1100. The van der Waals surface area contributed by atoms with E-state index in [0.717, 1.165) is 0 Å². The third kappa shape index (κ3) is 4.80. The van der Waals surface area contributed by atoms with Gasteiger partial charge >= 0.3 is 0 Å². The molecule has 0 bridgehead atoms. The molecule has 0 saturated heterocycles. The summed E-state index contributed by atoms with van der Waals surface area (Å²) in [5.74, 6) is 0.527. The third-order valence-electron chi connectivity index (χ3n) is 4.08. The lowest BCUT2D eigenvalue weighted by molar-refractivity contribution is -0.115. The molecule has 3 aromatic rings. The van der Waals surface area contributed by atoms with Crippen molar-refractivity contribution in [2.45, 2.75) is 13.3 Å². The molecule has 0 fully saturated rings. The van der Waals surface area contributed by atoms with Gasteiger partial charge in [0, 0.05) is 17.7 Å². The van der Waals surface area contributed by atoms with Crippen molar-refractivity contribution in [1.29, 1.82) is 0 Å². The molecule has 1 amide bonds. The number of anilines is 1. The molecule has 3 aromatic carbocycles. The monoisotopic (exact) mass is 426 g/mol. The van der Waals surface area contributed by atoms with Crippen molar-refractivity contribution in [2.75, 3.05) is 5.32 Å². The van der Waals surface area contributed by atoms with Crippen molar-refractivity contribution in [3.05, 3.63) is 76.1 Å². The second-order valence-corrected chi connectivity index (χ2v) is 6.93. The minimum absolute atomic E-state index is 0.0503. The number of phenols is 1. The number of amides is 1. The van der Waals surface area contributed by atoms with Crippen LogP contribution in [0.25, 0.3) is 16.0 Å². The van der Waals surface area contributed by atoms with E-state index in [1.807, 2.05) is 0 Å². The van der Waals surface area contributed by atoms with Crippen LogP contribution in [0.15, 0.2) is 54.6 Å². The van der Waals surface area contributed by atoms with Gasteiger partial charge in [0.1, 0.15) is 11.5 Å². The number of aromatic hydroxyl groups is 1. The number of carbonyl (C=O) groups excluding carboxylic acids is 1. The van der Waals surface area contributed by atoms with Crippen molar-refractivity contribution in [3.63, 3.8) is 0 Å². The molecular weight excluding hydrogens is 411 g/mol. The summed E-state index contributed by atoms with van der Waals surface area (Å²) in [6, 6.07) is 14.7. The Hall–Kier alpha value is -3.20. The minimum atomic E-state index is -0.157. The lowest BCUT2D eigenvalue weighted by Gasteiger charge is -2.14. The van der Waals surface area contributed by atoms with E-state index in [4.69, 9.17) is 34.5 Å². The molecule has 29 heavy (non-hydrogen) atoms. The van der Waals surface area contributed by atoms with Crippen LogP contribution >= 0.6 is 23.2 Å². The summed E-state index contributed by atoms with van der Waals surface area (Å²) in [6.07, 6.45) is 0.332. The SMILES string of the molecule is [C-]#[N+]c1cccc(-c2cc(Oc3c(Cl)cc(NC(=O)CC)cc3Cl)ccc2O)c1. The average Bonchev–Trinajstić information content (AvgIpc) is 2.71. The number of nitrogens with zero attached hydrogens (tertiary/aromatic N) is 1. The normalized spacial score (nSPS) is 10.3. The van der Waals surface area contributed by atoms with Crippen LogP contribution in [0.3, 0.4) is 0 Å². The lowest BCUT2D eigenvalue weighted by atomic mass is 10.0. The molecule has 0 unspecified atom stereocenters. The van der Waals surface area contributed by atoms with E-state index in [9.17, 15) is 9.90 Å². The molecule has 0 saturated carbocycles. The van der Waals surface area contributed by atoms with Crippen LogP contribution in [-0.4, -0.2) is 11.0 Å². The first-order chi connectivity index (χ1) is 13.9. The predicted molar refractivity (Wildman–Crippen MR) is 115 cm³/mol. The predicted octanol–water partition coefficient (Wildman–Crippen LogP) is 7.06. The summed E-state index contributed by atoms with van der Waals surface area (Å²) < 4.78 is 5.85. The van der Waals surface area contributed by atoms with Gasteiger partial charge in [-0.05, 0) is 42.0 Å². The topological polar surface area (TPSA) is 62.9 Å². The van der Waals surface area contributed by atoms with Crippen LogP contribution in [0, 0.1) is 6.57 Å². The maximum Gasteiger partial charge on any atom is 0.224 e. The first-order valence-corrected chi connectivity index (χ1v) is 9.44. The van der Waals surface area contributed by atoms with E-state index in [0.29, 0.717) is 34.7 Å². The fourth-order valence-electron chi connectivity index (χ4n) is 2.65. The summed E-state index contributed by atoms with van der Waals surface area (Å²) in [7, 11) is 0. The summed E-state index contributed by atoms with van der Waals surface area (Å²) in [4.78, 5) is 15.0. The van der Waals surface area contributed by atoms with Crippen molar-refractivity contribution in [2.24, 2.45) is 0 Å². The van der Waals surface area contributed by atoms with E-state index >= 15 is 0 Å². The first kappa shape index (κ1) is 20.5. The fraction of sp³-hybridized carbons (Fsp3) is 0.0909. The quantitative estimate of drug-likeness (QED) is 0.429. The molecule has 0 atom stereocenters. The Labute approximate surface area is 178 Å². The number of carbonyl (C=O) groups is 1. The molecule has 0 spiro atoms. The van der Waals surface area contributed by atoms with Gasteiger partial charge in [0.25, 0.3) is 0 Å². The molecule has 5 nitrogen and oxygen atoms in total. The molecular formula is C22H16Cl2N2O3. The highest BCUT2D eigenvalue weighted by Gasteiger charge is 2.14. The Morgan fingerprint density at radius 3 is 2.52 bits per heavy atom. The number of hydrogen-bond acceptors (Lipinski definition) is 3. The zero-order valence-corrected chi connectivity index (χ0v) is 16.9. The van der Waals surface area contributed by atoms with Crippen LogP contribution in [0.2, 0.25) is 10.0 Å². The van der Waals surface area contributed by atoms with Crippen LogP contribution in [0.1, 0.15) is 13.3 Å². The number of phenolic OH excluding ortho intramolecular Hbond substituents is 1. The standard InChI is InChI=1S/C22H16Cl2N2O3/c1-3-21(28)26-15-10-18(23)22(19(24)11-15)29-16-7-8-20(27)17(12-16)13-5-4-6-14(9-13)25-2/h4-12,27H,3H2,1H3,(H,26,28). The number of rotatable bonds is 5. The van der Waals surface area contributed by atoms with Crippen molar-refractivity contribution >= 4 is 40.5 Å². The van der Waals surface area contributed by atoms with E-state index in [1.54, 1.807) is 55.5 Å². The Morgan fingerprint density at radius 2 is 1.86 bits per heavy atom. The van der Waals surface area contributed by atoms with Gasteiger partial charge in [-0.2, -0.15) is 0 Å². The maximum absolute atomic E-state index is 11.6. The molecule has 3 rings (SSSR count). The fourth-order valence-corrected chi connectivity index (χ4v) is 3.21. The second-order valence-electron chi connectivity index (χ2n) is 6.11. The highest BCUT2D eigenvalue weighted by atomic mass is 35.5. The molecule has 2 N–H and O–H groups in total. The van der Waals surface area contributed by atoms with Gasteiger partial charge < -0.3 is 15.2 Å². The van der Waals surface area contributed by atoms with E-state index in [1.165, 1.54) is 6.07 Å². The average molecular weight is 427 g/mol. The van der Waals surface area contributed by atoms with Gasteiger partial charge in [-0.1, -0.05) is 48.3 Å². The number of nitrogens with one attached hydrogen (secondary N) is 1. The van der Waals surface area contributed by atoms with Crippen LogP contribution in [0.5, 0.6) is 17.2 Å². The zero-order valence-electron chi connectivity index (χ0n) is 15.4.